The lowest BCUT2D eigenvalue weighted by Gasteiger charge is -2.30. The maximum atomic E-state index is 14.2. The number of rotatable bonds is 13. The summed E-state index contributed by atoms with van der Waals surface area (Å²) in [7, 11) is 0. The van der Waals surface area contributed by atoms with Crippen LogP contribution in [-0.4, -0.2) is 35.4 Å². The molecule has 1 aromatic heterocycles. The Morgan fingerprint density at radius 1 is 1.02 bits per heavy atom. The molecule has 242 valence electrons. The Labute approximate surface area is 274 Å². The molecule has 0 bridgehead atoms. The molecule has 2 atom stereocenters. The van der Waals surface area contributed by atoms with Crippen LogP contribution in [0, 0.1) is 35.5 Å². The van der Waals surface area contributed by atoms with Crippen molar-refractivity contribution in [3.8, 4) is 17.3 Å². The Balaban J connectivity index is 2.36. The second-order valence-electron chi connectivity index (χ2n) is 13.3. The monoisotopic (exact) mass is 629 g/mol. The van der Waals surface area contributed by atoms with E-state index in [1.54, 1.807) is 46.0 Å². The van der Waals surface area contributed by atoms with Gasteiger partial charge >= 0.3 is 0 Å². The number of nitrogens with zero attached hydrogens (tertiary/aromatic N) is 3. The summed E-state index contributed by atoms with van der Waals surface area (Å²) in [5.74, 6) is -3.20. The van der Waals surface area contributed by atoms with Gasteiger partial charge in [0.25, 0.3) is 0 Å². The van der Waals surface area contributed by atoms with Crippen LogP contribution in [0.25, 0.3) is 17.3 Å². The number of hydrogen-bond acceptors (Lipinski definition) is 7. The normalized spacial score (nSPS) is 17.2. The number of unbranched alkanes of at least 4 members (excludes halogenated alkanes) is 2. The smallest absolute Gasteiger partial charge is 0.186 e. The molecule has 0 spiro atoms. The largest absolute Gasteiger partial charge is 0.348 e. The summed E-state index contributed by atoms with van der Waals surface area (Å²) in [4.78, 5) is 49.6. The molecular weight excluding hydrogens is 579 g/mol. The quantitative estimate of drug-likeness (QED) is 0.162. The number of thiazole rings is 1. The van der Waals surface area contributed by atoms with E-state index < -0.39 is 28.8 Å². The zero-order valence-electron chi connectivity index (χ0n) is 29.0. The van der Waals surface area contributed by atoms with E-state index in [-0.39, 0.29) is 11.4 Å². The van der Waals surface area contributed by atoms with E-state index in [1.807, 2.05) is 6.08 Å². The number of allylic oxidation sites excluding steroid dienone is 3. The Kier molecular flexibility index (Phi) is 12.3. The van der Waals surface area contributed by atoms with Gasteiger partial charge in [-0.15, -0.1) is 0 Å². The zero-order valence-corrected chi connectivity index (χ0v) is 29.8. The van der Waals surface area contributed by atoms with Crippen molar-refractivity contribution in [1.82, 2.24) is 4.98 Å². The highest BCUT2D eigenvalue weighted by molar-refractivity contribution is 7.17. The van der Waals surface area contributed by atoms with Gasteiger partial charge in [0.15, 0.2) is 16.7 Å². The number of anilines is 1. The molecule has 1 aromatic carbocycles. The second kappa shape index (κ2) is 15.3. The van der Waals surface area contributed by atoms with Gasteiger partial charge in [0.05, 0.1) is 22.1 Å². The highest BCUT2D eigenvalue weighted by Gasteiger charge is 2.45. The number of aryl methyl sites for hydroxylation is 3. The minimum atomic E-state index is -1.22. The van der Waals surface area contributed by atoms with Crippen molar-refractivity contribution >= 4 is 39.9 Å². The first-order valence-corrected chi connectivity index (χ1v) is 17.4. The predicted molar refractivity (Wildman–Crippen MR) is 186 cm³/mol. The summed E-state index contributed by atoms with van der Waals surface area (Å²) in [6, 6.07) is 6.50. The lowest BCUT2D eigenvalue weighted by Crippen LogP contribution is -2.42. The summed E-state index contributed by atoms with van der Waals surface area (Å²) in [6.07, 6.45) is 7.77. The third kappa shape index (κ3) is 7.72. The van der Waals surface area contributed by atoms with Crippen LogP contribution in [0.5, 0.6) is 0 Å². The molecule has 6 nitrogen and oxygen atoms in total. The highest BCUT2D eigenvalue weighted by Crippen LogP contribution is 2.42. The number of benzene rings is 1. The van der Waals surface area contributed by atoms with Crippen molar-refractivity contribution in [2.45, 2.75) is 108 Å². The van der Waals surface area contributed by atoms with Gasteiger partial charge in [0.2, 0.25) is 0 Å². The molecule has 0 saturated heterocycles. The summed E-state index contributed by atoms with van der Waals surface area (Å²) < 4.78 is 0. The van der Waals surface area contributed by atoms with Gasteiger partial charge in [-0.25, -0.2) is 4.98 Å². The number of carbonyl (C=O) groups excluding carboxylic acids is 3. The van der Waals surface area contributed by atoms with Gasteiger partial charge < -0.3 is 4.90 Å². The molecule has 1 aliphatic carbocycles. The lowest BCUT2D eigenvalue weighted by molar-refractivity contribution is -0.140. The molecule has 2 aromatic rings. The number of aromatic nitrogens is 1. The first-order valence-electron chi connectivity index (χ1n) is 16.6. The second-order valence-corrected chi connectivity index (χ2v) is 14.4. The van der Waals surface area contributed by atoms with Crippen molar-refractivity contribution in [2.75, 3.05) is 18.0 Å². The molecule has 0 aliphatic heterocycles. The minimum Gasteiger partial charge on any atom is -0.348 e. The zero-order chi connectivity index (χ0) is 33.6. The van der Waals surface area contributed by atoms with Gasteiger partial charge in [0.1, 0.15) is 11.9 Å². The molecule has 0 saturated carbocycles. The standard InChI is InChI=1S/C38H51N3O3S/c1-11-15-17-41(18-16-12-2)37-40-33(32-26(13-3)19-23(5)20-27(32)14-4)30(45-37)21-28-24(6)29(22-39)35(43)31(34(28)42)25(7)36(44)38(8,9)10/h19-21,25,31H,11-18H2,1-10H3/b28-21-. The van der Waals surface area contributed by atoms with Crippen LogP contribution in [0.1, 0.15) is 110 Å². The third-order valence-corrected chi connectivity index (χ3v) is 9.88. The first-order chi connectivity index (χ1) is 21.2. The van der Waals surface area contributed by atoms with E-state index >= 15 is 0 Å². The molecule has 7 heteroatoms. The number of carbonyl (C=O) groups is 3. The molecule has 1 aliphatic rings. The predicted octanol–water partition coefficient (Wildman–Crippen LogP) is 8.89. The van der Waals surface area contributed by atoms with Crippen molar-refractivity contribution in [3.05, 3.63) is 50.4 Å². The van der Waals surface area contributed by atoms with Crippen LogP contribution < -0.4 is 4.90 Å². The molecule has 2 unspecified atom stereocenters. The van der Waals surface area contributed by atoms with Crippen molar-refractivity contribution in [2.24, 2.45) is 17.3 Å². The van der Waals surface area contributed by atoms with Crippen LogP contribution in [0.3, 0.4) is 0 Å². The molecule has 0 radical (unpaired) electrons. The van der Waals surface area contributed by atoms with E-state index in [0.29, 0.717) is 11.1 Å². The van der Waals surface area contributed by atoms with Crippen LogP contribution in [-0.2, 0) is 27.2 Å². The van der Waals surface area contributed by atoms with E-state index in [0.717, 1.165) is 72.9 Å². The van der Waals surface area contributed by atoms with Crippen LogP contribution >= 0.6 is 11.3 Å². The summed E-state index contributed by atoms with van der Waals surface area (Å²) in [5, 5.41) is 11.0. The van der Waals surface area contributed by atoms with E-state index in [1.165, 1.54) is 16.7 Å². The maximum Gasteiger partial charge on any atom is 0.186 e. The van der Waals surface area contributed by atoms with Gasteiger partial charge in [-0.3, -0.25) is 14.4 Å². The fraction of sp³-hybridized carbons (Fsp3) is 0.553. The SMILES string of the molecule is CCCCN(CCCC)c1nc(-c2c(CC)cc(C)cc2CC)c(/C=C2\C(=O)C(C(C)C(=O)C(C)(C)C)C(=O)C(C#N)=C2C)s1. The van der Waals surface area contributed by atoms with Gasteiger partial charge in [0, 0.05) is 35.6 Å². The van der Waals surface area contributed by atoms with Gasteiger partial charge in [-0.1, -0.05) is 97.3 Å². The van der Waals surface area contributed by atoms with Gasteiger partial charge in [-0.2, -0.15) is 5.26 Å². The van der Waals surface area contributed by atoms with Gasteiger partial charge in [-0.05, 0) is 62.3 Å². The molecular formula is C38H51N3O3S. The lowest BCUT2D eigenvalue weighted by atomic mass is 9.69. The fourth-order valence-electron chi connectivity index (χ4n) is 6.22. The molecule has 0 fully saturated rings. The number of hydrogen-bond donors (Lipinski definition) is 0. The van der Waals surface area contributed by atoms with Crippen molar-refractivity contribution in [3.63, 3.8) is 0 Å². The summed E-state index contributed by atoms with van der Waals surface area (Å²) >= 11 is 1.56. The van der Waals surface area contributed by atoms with E-state index in [4.69, 9.17) is 4.98 Å². The number of ketones is 3. The molecule has 45 heavy (non-hydrogen) atoms. The summed E-state index contributed by atoms with van der Waals surface area (Å²) in [6.45, 7) is 21.3. The molecule has 0 amide bonds. The average molecular weight is 630 g/mol. The van der Waals surface area contributed by atoms with Crippen molar-refractivity contribution < 1.29 is 14.4 Å². The van der Waals surface area contributed by atoms with Crippen molar-refractivity contribution in [1.29, 1.82) is 5.26 Å². The molecule has 0 N–H and O–H groups in total. The number of Topliss-reactive ketones (excluding diaryl/α,β-unsaturated/α-hetero) is 3. The van der Waals surface area contributed by atoms with Crippen LogP contribution in [0.4, 0.5) is 5.13 Å². The first kappa shape index (κ1) is 36.1. The minimum absolute atomic E-state index is 0.0444. The van der Waals surface area contributed by atoms with E-state index in [9.17, 15) is 19.6 Å². The van der Waals surface area contributed by atoms with Crippen LogP contribution in [0.15, 0.2) is 28.9 Å². The highest BCUT2D eigenvalue weighted by atomic mass is 32.1. The Morgan fingerprint density at radius 2 is 1.58 bits per heavy atom. The Morgan fingerprint density at radius 3 is 2.04 bits per heavy atom. The molecule has 3 rings (SSSR count). The molecule has 1 heterocycles. The van der Waals surface area contributed by atoms with E-state index in [2.05, 4.69) is 57.7 Å². The number of nitriles is 1. The maximum absolute atomic E-state index is 14.2. The van der Waals surface area contributed by atoms with Crippen LogP contribution in [0.2, 0.25) is 0 Å². The Hall–Kier alpha value is -3.37. The fourth-order valence-corrected chi connectivity index (χ4v) is 7.29. The summed E-state index contributed by atoms with van der Waals surface area (Å²) in [5.41, 5.74) is 5.45. The third-order valence-electron chi connectivity index (χ3n) is 8.82. The average Bonchev–Trinajstić information content (AvgIpc) is 3.41. The topological polar surface area (TPSA) is 91.1 Å². The Bertz CT molecular complexity index is 1510.